The number of nitrogens with zero attached hydrogens (tertiary/aromatic N) is 1. The third-order valence-electron chi connectivity index (χ3n) is 4.92. The molecular weight excluding hydrogens is 444 g/mol. The molecule has 4 aromatic rings. The fraction of sp³-hybridized carbons (Fsp3) is 0.167. The summed E-state index contributed by atoms with van der Waals surface area (Å²) in [5.74, 6) is -0.122. The first-order chi connectivity index (χ1) is 15.3. The van der Waals surface area contributed by atoms with Crippen molar-refractivity contribution in [2.24, 2.45) is 0 Å². The Morgan fingerprint density at radius 3 is 2.44 bits per heavy atom. The van der Waals surface area contributed by atoms with E-state index in [0.29, 0.717) is 11.0 Å². The zero-order valence-electron chi connectivity index (χ0n) is 17.6. The summed E-state index contributed by atoms with van der Waals surface area (Å²) < 4.78 is 30.5. The molecule has 0 saturated heterocycles. The molecule has 0 bridgehead atoms. The molecule has 0 aliphatic heterocycles. The Labute approximate surface area is 190 Å². The molecule has 0 aliphatic rings. The van der Waals surface area contributed by atoms with Crippen molar-refractivity contribution in [1.29, 1.82) is 0 Å². The minimum absolute atomic E-state index is 0.0290. The molecule has 0 fully saturated rings. The van der Waals surface area contributed by atoms with Gasteiger partial charge in [-0.25, -0.2) is 13.4 Å². The summed E-state index contributed by atoms with van der Waals surface area (Å²) in [7, 11) is -3.56. The van der Waals surface area contributed by atoms with Crippen LogP contribution < -0.4 is 5.32 Å². The topological polar surface area (TPSA) is 89.3 Å². The summed E-state index contributed by atoms with van der Waals surface area (Å²) in [4.78, 5) is 17.2. The summed E-state index contributed by atoms with van der Waals surface area (Å²) >= 11 is 1.31. The highest BCUT2D eigenvalue weighted by atomic mass is 32.2. The number of carbonyl (C=O) groups excluding carboxylic acids is 1. The first-order valence-electron chi connectivity index (χ1n) is 10.1. The predicted molar refractivity (Wildman–Crippen MR) is 126 cm³/mol. The molecule has 0 atom stereocenters. The van der Waals surface area contributed by atoms with Gasteiger partial charge in [-0.05, 0) is 35.7 Å². The van der Waals surface area contributed by atoms with Crippen molar-refractivity contribution >= 4 is 32.2 Å². The van der Waals surface area contributed by atoms with Gasteiger partial charge in [0.2, 0.25) is 0 Å². The lowest BCUT2D eigenvalue weighted by molar-refractivity contribution is 0.0995. The second-order valence-electron chi connectivity index (χ2n) is 7.61. The second-order valence-corrected chi connectivity index (χ2v) is 10.5. The number of sulfone groups is 1. The number of anilines is 1. The van der Waals surface area contributed by atoms with Crippen molar-refractivity contribution in [3.63, 3.8) is 0 Å². The largest absolute Gasteiger partial charge is 0.455 e. The predicted octanol–water partition coefficient (Wildman–Crippen LogP) is 5.75. The van der Waals surface area contributed by atoms with Crippen LogP contribution in [0.25, 0.3) is 11.3 Å². The van der Waals surface area contributed by atoms with E-state index in [1.165, 1.54) is 41.2 Å². The third-order valence-corrected chi connectivity index (χ3v) is 7.33. The number of hydrogen-bond acceptors (Lipinski definition) is 6. The lowest BCUT2D eigenvalue weighted by Gasteiger charge is -2.05. The van der Waals surface area contributed by atoms with Gasteiger partial charge in [0, 0.05) is 10.9 Å². The number of carbonyl (C=O) groups is 1. The number of furan rings is 1. The normalized spacial score (nSPS) is 11.6. The van der Waals surface area contributed by atoms with Crippen LogP contribution in [0.5, 0.6) is 0 Å². The second kappa shape index (κ2) is 9.10. The zero-order valence-corrected chi connectivity index (χ0v) is 19.2. The quantitative estimate of drug-likeness (QED) is 0.374. The third kappa shape index (κ3) is 4.98. The van der Waals surface area contributed by atoms with E-state index >= 15 is 0 Å². The van der Waals surface area contributed by atoms with Gasteiger partial charge >= 0.3 is 0 Å². The summed E-state index contributed by atoms with van der Waals surface area (Å²) in [6, 6.07) is 19.3. The fourth-order valence-electron chi connectivity index (χ4n) is 3.14. The van der Waals surface area contributed by atoms with Crippen LogP contribution in [0.1, 0.15) is 41.6 Å². The van der Waals surface area contributed by atoms with Crippen molar-refractivity contribution in [2.75, 3.05) is 5.32 Å². The van der Waals surface area contributed by atoms with Gasteiger partial charge in [-0.2, -0.15) is 0 Å². The van der Waals surface area contributed by atoms with Crippen molar-refractivity contribution in [3.05, 3.63) is 89.2 Å². The van der Waals surface area contributed by atoms with Gasteiger partial charge < -0.3 is 4.42 Å². The minimum Gasteiger partial charge on any atom is -0.455 e. The molecule has 2 heterocycles. The number of amides is 1. The summed E-state index contributed by atoms with van der Waals surface area (Å²) in [5, 5.41) is 5.02. The van der Waals surface area contributed by atoms with Gasteiger partial charge in [0.25, 0.3) is 5.91 Å². The van der Waals surface area contributed by atoms with Crippen LogP contribution in [0.4, 0.5) is 5.13 Å². The minimum atomic E-state index is -3.56. The average molecular weight is 467 g/mol. The monoisotopic (exact) mass is 466 g/mol. The SMILES string of the molecule is CC(C)c1ccc(-c2csc(NC(=O)c3ccc(CS(=O)(=O)c4ccccc4)o3)n2)cc1. The van der Waals surface area contributed by atoms with E-state index in [9.17, 15) is 13.2 Å². The van der Waals surface area contributed by atoms with E-state index in [0.717, 1.165) is 11.3 Å². The molecule has 32 heavy (non-hydrogen) atoms. The fourth-order valence-corrected chi connectivity index (χ4v) is 5.12. The molecular formula is C24H22N2O4S2. The summed E-state index contributed by atoms with van der Waals surface area (Å²) in [6.07, 6.45) is 0. The lowest BCUT2D eigenvalue weighted by Crippen LogP contribution is -2.10. The first-order valence-corrected chi connectivity index (χ1v) is 12.6. The maximum Gasteiger partial charge on any atom is 0.293 e. The summed E-state index contributed by atoms with van der Waals surface area (Å²) in [6.45, 7) is 4.28. The molecule has 2 aromatic carbocycles. The molecule has 1 N–H and O–H groups in total. The van der Waals surface area contributed by atoms with Crippen LogP contribution in [0.15, 0.2) is 81.4 Å². The van der Waals surface area contributed by atoms with Gasteiger partial charge in [-0.15, -0.1) is 11.3 Å². The van der Waals surface area contributed by atoms with Crippen molar-refractivity contribution in [3.8, 4) is 11.3 Å². The highest BCUT2D eigenvalue weighted by Gasteiger charge is 2.20. The van der Waals surface area contributed by atoms with E-state index in [1.54, 1.807) is 18.2 Å². The Kier molecular flexibility index (Phi) is 6.25. The van der Waals surface area contributed by atoms with E-state index < -0.39 is 15.7 Å². The smallest absolute Gasteiger partial charge is 0.293 e. The highest BCUT2D eigenvalue weighted by Crippen LogP contribution is 2.27. The van der Waals surface area contributed by atoms with E-state index in [-0.39, 0.29) is 22.2 Å². The van der Waals surface area contributed by atoms with Crippen LogP contribution in [0, 0.1) is 0 Å². The van der Waals surface area contributed by atoms with Gasteiger partial charge in [0.15, 0.2) is 20.7 Å². The number of thiazole rings is 1. The van der Waals surface area contributed by atoms with Crippen LogP contribution in [0.3, 0.4) is 0 Å². The molecule has 0 radical (unpaired) electrons. The molecule has 0 saturated carbocycles. The van der Waals surface area contributed by atoms with Gasteiger partial charge in [0.1, 0.15) is 11.5 Å². The van der Waals surface area contributed by atoms with E-state index in [4.69, 9.17) is 4.42 Å². The zero-order chi connectivity index (χ0) is 22.7. The van der Waals surface area contributed by atoms with Crippen molar-refractivity contribution in [2.45, 2.75) is 30.4 Å². The molecule has 0 spiro atoms. The number of benzene rings is 2. The Morgan fingerprint density at radius 2 is 1.75 bits per heavy atom. The van der Waals surface area contributed by atoms with Crippen LogP contribution >= 0.6 is 11.3 Å². The maximum atomic E-state index is 12.5. The highest BCUT2D eigenvalue weighted by molar-refractivity contribution is 7.90. The molecule has 0 aliphatic carbocycles. The molecule has 2 aromatic heterocycles. The Bertz CT molecular complexity index is 1320. The number of nitrogens with one attached hydrogen (secondary N) is 1. The van der Waals surface area contributed by atoms with Crippen LogP contribution in [0.2, 0.25) is 0 Å². The average Bonchev–Trinajstić information content (AvgIpc) is 3.44. The van der Waals surface area contributed by atoms with E-state index in [2.05, 4.69) is 36.3 Å². The van der Waals surface area contributed by atoms with E-state index in [1.807, 2.05) is 17.5 Å². The first kappa shape index (κ1) is 22.0. The van der Waals surface area contributed by atoms with Crippen molar-refractivity contribution < 1.29 is 17.6 Å². The Morgan fingerprint density at radius 1 is 1.03 bits per heavy atom. The molecule has 4 rings (SSSR count). The van der Waals surface area contributed by atoms with Crippen molar-refractivity contribution in [1.82, 2.24) is 4.98 Å². The van der Waals surface area contributed by atoms with Gasteiger partial charge in [-0.1, -0.05) is 56.3 Å². The van der Waals surface area contributed by atoms with Crippen LogP contribution in [-0.4, -0.2) is 19.3 Å². The Hall–Kier alpha value is -3.23. The molecule has 164 valence electrons. The number of rotatable bonds is 7. The number of aromatic nitrogens is 1. The lowest BCUT2D eigenvalue weighted by atomic mass is 10.0. The maximum absolute atomic E-state index is 12.5. The Balaban J connectivity index is 1.43. The molecule has 0 unspecified atom stereocenters. The van der Waals surface area contributed by atoms with Crippen LogP contribution in [-0.2, 0) is 15.6 Å². The molecule has 1 amide bonds. The standard InChI is InChI=1S/C24H22N2O4S2/c1-16(2)17-8-10-18(11-9-17)21-14-31-24(25-21)26-23(27)22-13-12-19(30-22)15-32(28,29)20-6-4-3-5-7-20/h3-14,16H,15H2,1-2H3,(H,25,26,27). The molecule has 6 nitrogen and oxygen atoms in total. The summed E-state index contributed by atoms with van der Waals surface area (Å²) in [5.41, 5.74) is 2.99. The van der Waals surface area contributed by atoms with Gasteiger partial charge in [0.05, 0.1) is 10.6 Å². The van der Waals surface area contributed by atoms with Gasteiger partial charge in [-0.3, -0.25) is 10.1 Å². The number of hydrogen-bond donors (Lipinski definition) is 1. The molecule has 8 heteroatoms.